The molecule has 2 aromatic carbocycles. The summed E-state index contributed by atoms with van der Waals surface area (Å²) in [5.41, 5.74) is 5.61. The van der Waals surface area contributed by atoms with Crippen molar-refractivity contribution in [2.45, 2.75) is 39.5 Å². The van der Waals surface area contributed by atoms with Gasteiger partial charge in [-0.3, -0.25) is 0 Å². The van der Waals surface area contributed by atoms with Gasteiger partial charge in [0.25, 0.3) is 0 Å². The van der Waals surface area contributed by atoms with Crippen molar-refractivity contribution in [2.75, 3.05) is 31.5 Å². The minimum atomic E-state index is -0.914. The van der Waals surface area contributed by atoms with Crippen LogP contribution in [0.5, 0.6) is 0 Å². The minimum absolute atomic E-state index is 0.263. The van der Waals surface area contributed by atoms with Crippen molar-refractivity contribution in [3.63, 3.8) is 0 Å². The number of hydrogen-bond acceptors (Lipinski definition) is 3. The fourth-order valence-corrected chi connectivity index (χ4v) is 4.73. The molecule has 3 aromatic rings. The summed E-state index contributed by atoms with van der Waals surface area (Å²) in [6.45, 7) is 8.37. The highest BCUT2D eigenvalue weighted by Crippen LogP contribution is 2.32. The van der Waals surface area contributed by atoms with Crippen molar-refractivity contribution >= 4 is 22.6 Å². The summed E-state index contributed by atoms with van der Waals surface area (Å²) in [6.07, 6.45) is 4.62. The van der Waals surface area contributed by atoms with Crippen LogP contribution >= 0.6 is 0 Å². The molecule has 5 nitrogen and oxygen atoms in total. The maximum absolute atomic E-state index is 11.8. The summed E-state index contributed by atoms with van der Waals surface area (Å²) in [5, 5.41) is 14.1. The fraction of sp³-hybridized carbons (Fsp3) is 0.423. The van der Waals surface area contributed by atoms with Gasteiger partial charge < -0.3 is 20.3 Å². The van der Waals surface area contributed by atoms with Crippen molar-refractivity contribution in [3.8, 4) is 0 Å². The Morgan fingerprint density at radius 1 is 1.13 bits per heavy atom. The molecule has 0 saturated carbocycles. The summed E-state index contributed by atoms with van der Waals surface area (Å²) >= 11 is 0. The van der Waals surface area contributed by atoms with E-state index in [1.54, 1.807) is 0 Å². The maximum Gasteiger partial charge on any atom is 0.354 e. The van der Waals surface area contributed by atoms with Crippen LogP contribution in [0.4, 0.5) is 5.69 Å². The largest absolute Gasteiger partial charge is 0.477 e. The highest BCUT2D eigenvalue weighted by Gasteiger charge is 2.21. The summed E-state index contributed by atoms with van der Waals surface area (Å²) in [5.74, 6) is -0.218. The average Bonchev–Trinajstić information content (AvgIpc) is 3.16. The lowest BCUT2D eigenvalue weighted by Gasteiger charge is -2.32. The first-order valence-electron chi connectivity index (χ1n) is 11.4. The Bertz CT molecular complexity index is 1030. The summed E-state index contributed by atoms with van der Waals surface area (Å²) in [7, 11) is 0. The van der Waals surface area contributed by atoms with Gasteiger partial charge in [0, 0.05) is 24.0 Å². The number of anilines is 1. The molecule has 1 saturated heterocycles. The number of carbonyl (C=O) groups is 1. The van der Waals surface area contributed by atoms with Crippen molar-refractivity contribution < 1.29 is 9.90 Å². The van der Waals surface area contributed by atoms with E-state index in [9.17, 15) is 9.90 Å². The van der Waals surface area contributed by atoms with Crippen LogP contribution in [0, 0.1) is 19.8 Å². The van der Waals surface area contributed by atoms with Gasteiger partial charge in [0.15, 0.2) is 0 Å². The third-order valence-electron chi connectivity index (χ3n) is 6.83. The molecule has 3 N–H and O–H groups in total. The molecule has 1 aliphatic heterocycles. The zero-order chi connectivity index (χ0) is 21.8. The van der Waals surface area contributed by atoms with Crippen molar-refractivity contribution in [1.29, 1.82) is 0 Å². The van der Waals surface area contributed by atoms with Crippen LogP contribution in [0.3, 0.4) is 0 Å². The van der Waals surface area contributed by atoms with Gasteiger partial charge in [-0.2, -0.15) is 0 Å². The first-order valence-corrected chi connectivity index (χ1v) is 11.4. The molecule has 0 amide bonds. The van der Waals surface area contributed by atoms with E-state index in [2.05, 4.69) is 59.4 Å². The number of hydrogen-bond donors (Lipinski definition) is 3. The highest BCUT2D eigenvalue weighted by atomic mass is 16.4. The molecule has 2 heterocycles. The van der Waals surface area contributed by atoms with Crippen molar-refractivity contribution in [1.82, 2.24) is 9.88 Å². The van der Waals surface area contributed by atoms with E-state index in [0.29, 0.717) is 5.92 Å². The molecular weight excluding hydrogens is 386 g/mol. The number of nitrogens with one attached hydrogen (secondary N) is 2. The lowest BCUT2D eigenvalue weighted by atomic mass is 9.93. The molecule has 0 atom stereocenters. The zero-order valence-electron chi connectivity index (χ0n) is 18.6. The highest BCUT2D eigenvalue weighted by molar-refractivity contribution is 6.07. The first kappa shape index (κ1) is 21.4. The zero-order valence-corrected chi connectivity index (χ0v) is 18.6. The molecule has 0 aliphatic carbocycles. The van der Waals surface area contributed by atoms with E-state index in [0.717, 1.165) is 61.2 Å². The predicted molar refractivity (Wildman–Crippen MR) is 127 cm³/mol. The summed E-state index contributed by atoms with van der Waals surface area (Å²) in [4.78, 5) is 17.4. The van der Waals surface area contributed by atoms with Crippen LogP contribution in [0.25, 0.3) is 10.9 Å². The number of aryl methyl sites for hydroxylation is 2. The Balaban J connectivity index is 1.30. The van der Waals surface area contributed by atoms with Crippen LogP contribution in [0.2, 0.25) is 0 Å². The third-order valence-corrected chi connectivity index (χ3v) is 6.83. The normalized spacial score (nSPS) is 15.4. The van der Waals surface area contributed by atoms with E-state index in [-0.39, 0.29) is 5.69 Å². The van der Waals surface area contributed by atoms with Crippen LogP contribution in [-0.2, 0) is 6.42 Å². The number of piperidine rings is 1. The average molecular weight is 420 g/mol. The van der Waals surface area contributed by atoms with Gasteiger partial charge in [-0.25, -0.2) is 4.79 Å². The van der Waals surface area contributed by atoms with Gasteiger partial charge >= 0.3 is 5.97 Å². The Kier molecular flexibility index (Phi) is 6.62. The van der Waals surface area contributed by atoms with Crippen LogP contribution in [0.15, 0.2) is 42.5 Å². The first-order chi connectivity index (χ1) is 15.0. The van der Waals surface area contributed by atoms with E-state index < -0.39 is 5.97 Å². The fourth-order valence-electron chi connectivity index (χ4n) is 4.73. The number of benzene rings is 2. The Morgan fingerprint density at radius 2 is 1.87 bits per heavy atom. The van der Waals surface area contributed by atoms with Crippen LogP contribution < -0.4 is 5.32 Å². The molecule has 164 valence electrons. The second-order valence-electron chi connectivity index (χ2n) is 8.85. The predicted octanol–water partition coefficient (Wildman–Crippen LogP) is 5.24. The van der Waals surface area contributed by atoms with Gasteiger partial charge in [0.05, 0.1) is 5.69 Å². The van der Waals surface area contributed by atoms with Gasteiger partial charge in [0.1, 0.15) is 5.69 Å². The lowest BCUT2D eigenvalue weighted by molar-refractivity contribution is 0.0692. The smallest absolute Gasteiger partial charge is 0.354 e. The SMILES string of the molecule is Cc1ccc2[nH]c(C(=O)O)c(NCCC3CCN(CCc4ccccc4)CC3)c2c1C. The number of rotatable bonds is 8. The molecule has 4 rings (SSSR count). The standard InChI is InChI=1S/C26H33N3O2/c1-18-8-9-22-23(19(18)2)24(25(28-22)26(30)31)27-14-10-21-12-16-29(17-13-21)15-11-20-6-4-3-5-7-20/h3-9,21,27-28H,10-17H2,1-2H3,(H,30,31). The van der Waals surface area contributed by atoms with E-state index >= 15 is 0 Å². The number of aromatic carboxylic acids is 1. The second kappa shape index (κ2) is 9.56. The maximum atomic E-state index is 11.8. The third kappa shape index (κ3) is 4.93. The monoisotopic (exact) mass is 419 g/mol. The Hall–Kier alpha value is -2.79. The van der Waals surface area contributed by atoms with Gasteiger partial charge in [0.2, 0.25) is 0 Å². The molecule has 0 radical (unpaired) electrons. The van der Waals surface area contributed by atoms with Crippen LogP contribution in [0.1, 0.15) is 46.4 Å². The molecular formula is C26H33N3O2. The number of aromatic amines is 1. The Morgan fingerprint density at radius 3 is 2.58 bits per heavy atom. The molecule has 1 aliphatic rings. The number of carboxylic acids is 1. The van der Waals surface area contributed by atoms with E-state index in [4.69, 9.17) is 0 Å². The number of nitrogens with zero attached hydrogens (tertiary/aromatic N) is 1. The molecule has 5 heteroatoms. The molecule has 0 unspecified atom stereocenters. The van der Waals surface area contributed by atoms with Crippen LogP contribution in [-0.4, -0.2) is 47.1 Å². The molecule has 1 aromatic heterocycles. The number of likely N-dealkylation sites (tertiary alicyclic amines) is 1. The lowest BCUT2D eigenvalue weighted by Crippen LogP contribution is -2.35. The van der Waals surface area contributed by atoms with Gasteiger partial charge in [-0.05, 0) is 81.3 Å². The second-order valence-corrected chi connectivity index (χ2v) is 8.85. The topological polar surface area (TPSA) is 68.4 Å². The van der Waals surface area contributed by atoms with Gasteiger partial charge in [-0.1, -0.05) is 36.4 Å². The molecule has 31 heavy (non-hydrogen) atoms. The van der Waals surface area contributed by atoms with E-state index in [1.165, 1.54) is 24.0 Å². The number of aromatic nitrogens is 1. The quantitative estimate of drug-likeness (QED) is 0.467. The molecule has 0 spiro atoms. The molecule has 0 bridgehead atoms. The number of fused-ring (bicyclic) bond motifs is 1. The minimum Gasteiger partial charge on any atom is -0.477 e. The van der Waals surface area contributed by atoms with Crippen molar-refractivity contribution in [2.24, 2.45) is 5.92 Å². The number of carboxylic acid groups (broad SMARTS) is 1. The molecule has 1 fully saturated rings. The van der Waals surface area contributed by atoms with Gasteiger partial charge in [-0.15, -0.1) is 0 Å². The summed E-state index contributed by atoms with van der Waals surface area (Å²) < 4.78 is 0. The summed E-state index contributed by atoms with van der Waals surface area (Å²) in [6, 6.07) is 14.7. The Labute approximate surface area is 184 Å². The number of H-pyrrole nitrogens is 1. The van der Waals surface area contributed by atoms with Crippen molar-refractivity contribution in [3.05, 3.63) is 64.8 Å². The van der Waals surface area contributed by atoms with E-state index in [1.807, 2.05) is 12.1 Å².